The Bertz CT molecular complexity index is 144. The number of rotatable bonds is 1. The lowest BCUT2D eigenvalue weighted by Crippen LogP contribution is -2.31. The summed E-state index contributed by atoms with van der Waals surface area (Å²) in [5.74, 6) is 0.0425. The van der Waals surface area contributed by atoms with E-state index in [0.29, 0.717) is 11.8 Å². The van der Waals surface area contributed by atoms with Gasteiger partial charge in [0.05, 0.1) is 5.92 Å². The van der Waals surface area contributed by atoms with Crippen molar-refractivity contribution in [2.45, 2.75) is 33.1 Å². The van der Waals surface area contributed by atoms with E-state index in [2.05, 4.69) is 13.8 Å². The van der Waals surface area contributed by atoms with Crippen LogP contribution in [0.3, 0.4) is 0 Å². The second-order valence-corrected chi connectivity index (χ2v) is 3.75. The van der Waals surface area contributed by atoms with Crippen molar-refractivity contribution in [2.24, 2.45) is 17.8 Å². The average Bonchev–Trinajstić information content (AvgIpc) is 1.85. The van der Waals surface area contributed by atoms with Crippen molar-refractivity contribution >= 4 is 5.97 Å². The topological polar surface area (TPSA) is 37.3 Å². The van der Waals surface area contributed by atoms with Crippen molar-refractivity contribution < 1.29 is 9.90 Å². The van der Waals surface area contributed by atoms with Crippen LogP contribution in [0.2, 0.25) is 0 Å². The molecule has 0 amide bonds. The summed E-state index contributed by atoms with van der Waals surface area (Å²) in [4.78, 5) is 10.8. The molecule has 0 aromatic rings. The SMILES string of the molecule is C[C@@H]1CCC[C@H](C)C1C(=O)O. The maximum Gasteiger partial charge on any atom is 0.307 e. The number of aliphatic carboxylic acids is 1. The number of hydrogen-bond donors (Lipinski definition) is 1. The lowest BCUT2D eigenvalue weighted by atomic mass is 9.74. The molecular weight excluding hydrogens is 140 g/mol. The van der Waals surface area contributed by atoms with Crippen LogP contribution in [0.1, 0.15) is 33.1 Å². The summed E-state index contributed by atoms with van der Waals surface area (Å²) >= 11 is 0. The van der Waals surface area contributed by atoms with Gasteiger partial charge in [0.1, 0.15) is 0 Å². The van der Waals surface area contributed by atoms with Gasteiger partial charge in [0, 0.05) is 0 Å². The zero-order chi connectivity index (χ0) is 8.43. The maximum absolute atomic E-state index is 10.8. The molecule has 11 heavy (non-hydrogen) atoms. The molecule has 0 bridgehead atoms. The van der Waals surface area contributed by atoms with E-state index >= 15 is 0 Å². The van der Waals surface area contributed by atoms with Gasteiger partial charge in [0.25, 0.3) is 0 Å². The van der Waals surface area contributed by atoms with Crippen LogP contribution in [0, 0.1) is 17.8 Å². The molecule has 0 radical (unpaired) electrons. The van der Waals surface area contributed by atoms with Crippen molar-refractivity contribution in [3.05, 3.63) is 0 Å². The first-order valence-corrected chi connectivity index (χ1v) is 4.35. The predicted molar refractivity (Wildman–Crippen MR) is 43.3 cm³/mol. The van der Waals surface area contributed by atoms with E-state index in [-0.39, 0.29) is 5.92 Å². The highest BCUT2D eigenvalue weighted by molar-refractivity contribution is 5.70. The zero-order valence-corrected chi connectivity index (χ0v) is 7.21. The number of hydrogen-bond acceptors (Lipinski definition) is 1. The molecule has 1 aliphatic rings. The van der Waals surface area contributed by atoms with Crippen LogP contribution in [-0.2, 0) is 4.79 Å². The number of carbonyl (C=O) groups is 1. The Morgan fingerprint density at radius 1 is 1.27 bits per heavy atom. The Morgan fingerprint density at radius 3 is 2.00 bits per heavy atom. The summed E-state index contributed by atoms with van der Waals surface area (Å²) in [6, 6.07) is 0. The molecule has 2 nitrogen and oxygen atoms in total. The summed E-state index contributed by atoms with van der Waals surface area (Å²) in [5, 5.41) is 8.88. The zero-order valence-electron chi connectivity index (χ0n) is 7.21. The van der Waals surface area contributed by atoms with Gasteiger partial charge in [0.2, 0.25) is 0 Å². The number of carboxylic acid groups (broad SMARTS) is 1. The monoisotopic (exact) mass is 156 g/mol. The largest absolute Gasteiger partial charge is 0.481 e. The Balaban J connectivity index is 2.62. The van der Waals surface area contributed by atoms with Crippen LogP contribution < -0.4 is 0 Å². The Morgan fingerprint density at radius 2 is 1.73 bits per heavy atom. The molecule has 1 N–H and O–H groups in total. The fourth-order valence-corrected chi connectivity index (χ4v) is 2.17. The fourth-order valence-electron chi connectivity index (χ4n) is 2.17. The molecule has 1 fully saturated rings. The molecule has 0 saturated heterocycles. The highest BCUT2D eigenvalue weighted by Crippen LogP contribution is 2.34. The van der Waals surface area contributed by atoms with Gasteiger partial charge < -0.3 is 5.11 Å². The van der Waals surface area contributed by atoms with Gasteiger partial charge in [-0.25, -0.2) is 0 Å². The first-order chi connectivity index (χ1) is 5.13. The molecule has 2 heteroatoms. The first-order valence-electron chi connectivity index (χ1n) is 4.35. The van der Waals surface area contributed by atoms with Gasteiger partial charge in [-0.15, -0.1) is 0 Å². The smallest absolute Gasteiger partial charge is 0.307 e. The van der Waals surface area contributed by atoms with Gasteiger partial charge >= 0.3 is 5.97 Å². The third kappa shape index (κ3) is 1.73. The van der Waals surface area contributed by atoms with E-state index in [4.69, 9.17) is 5.11 Å². The maximum atomic E-state index is 10.8. The van der Waals surface area contributed by atoms with Crippen molar-refractivity contribution in [3.63, 3.8) is 0 Å². The van der Waals surface area contributed by atoms with E-state index < -0.39 is 5.97 Å². The van der Waals surface area contributed by atoms with E-state index in [1.807, 2.05) is 0 Å². The highest BCUT2D eigenvalue weighted by Gasteiger charge is 2.32. The van der Waals surface area contributed by atoms with Crippen molar-refractivity contribution in [2.75, 3.05) is 0 Å². The molecule has 1 aliphatic carbocycles. The molecule has 3 atom stereocenters. The normalized spacial score (nSPS) is 38.5. The Kier molecular flexibility index (Phi) is 2.53. The molecule has 64 valence electrons. The molecule has 0 heterocycles. The molecule has 0 aliphatic heterocycles. The lowest BCUT2D eigenvalue weighted by molar-refractivity contribution is -0.146. The van der Waals surface area contributed by atoms with Crippen molar-refractivity contribution in [1.82, 2.24) is 0 Å². The second-order valence-electron chi connectivity index (χ2n) is 3.75. The summed E-state index contributed by atoms with van der Waals surface area (Å²) in [6.07, 6.45) is 3.37. The van der Waals surface area contributed by atoms with Gasteiger partial charge in [-0.2, -0.15) is 0 Å². The molecule has 0 aromatic heterocycles. The third-order valence-corrected chi connectivity index (χ3v) is 2.83. The van der Waals surface area contributed by atoms with Crippen LogP contribution in [-0.4, -0.2) is 11.1 Å². The van der Waals surface area contributed by atoms with Crippen LogP contribution in [0.4, 0.5) is 0 Å². The second kappa shape index (κ2) is 3.24. The van der Waals surface area contributed by atoms with Crippen LogP contribution in [0.15, 0.2) is 0 Å². The molecule has 1 saturated carbocycles. The standard InChI is InChI=1S/C9H16O2/c1-6-4-3-5-7(2)8(6)9(10)11/h6-8H,3-5H2,1-2H3,(H,10,11)/t6-,7+,8?. The molecule has 0 aromatic carbocycles. The van der Waals surface area contributed by atoms with Gasteiger partial charge in [-0.3, -0.25) is 4.79 Å². The minimum Gasteiger partial charge on any atom is -0.481 e. The van der Waals surface area contributed by atoms with E-state index in [1.165, 1.54) is 6.42 Å². The average molecular weight is 156 g/mol. The van der Waals surface area contributed by atoms with Crippen LogP contribution >= 0.6 is 0 Å². The minimum atomic E-state index is -0.607. The van der Waals surface area contributed by atoms with Crippen LogP contribution in [0.25, 0.3) is 0 Å². The predicted octanol–water partition coefficient (Wildman–Crippen LogP) is 2.14. The molecular formula is C9H16O2. The first kappa shape index (κ1) is 8.57. The Labute approximate surface area is 67.6 Å². The molecule has 0 spiro atoms. The highest BCUT2D eigenvalue weighted by atomic mass is 16.4. The fraction of sp³-hybridized carbons (Fsp3) is 0.889. The van der Waals surface area contributed by atoms with Crippen LogP contribution in [0.5, 0.6) is 0 Å². The van der Waals surface area contributed by atoms with E-state index in [9.17, 15) is 4.79 Å². The summed E-state index contributed by atoms with van der Waals surface area (Å²) in [6.45, 7) is 4.10. The summed E-state index contributed by atoms with van der Waals surface area (Å²) in [5.41, 5.74) is 0. The summed E-state index contributed by atoms with van der Waals surface area (Å²) in [7, 11) is 0. The van der Waals surface area contributed by atoms with Crippen molar-refractivity contribution in [3.8, 4) is 0 Å². The lowest BCUT2D eigenvalue weighted by Gasteiger charge is -2.30. The molecule has 1 unspecified atom stereocenters. The summed E-state index contributed by atoms with van der Waals surface area (Å²) < 4.78 is 0. The molecule has 1 rings (SSSR count). The number of carboxylic acids is 1. The van der Waals surface area contributed by atoms with Gasteiger partial charge in [0.15, 0.2) is 0 Å². The van der Waals surface area contributed by atoms with Gasteiger partial charge in [-0.05, 0) is 24.7 Å². The third-order valence-electron chi connectivity index (χ3n) is 2.83. The minimum absolute atomic E-state index is 0.0938. The van der Waals surface area contributed by atoms with E-state index in [0.717, 1.165) is 12.8 Å². The van der Waals surface area contributed by atoms with Gasteiger partial charge in [-0.1, -0.05) is 20.3 Å². The Hall–Kier alpha value is -0.530. The quantitative estimate of drug-likeness (QED) is 0.631. The van der Waals surface area contributed by atoms with Crippen molar-refractivity contribution in [1.29, 1.82) is 0 Å². The van der Waals surface area contributed by atoms with E-state index in [1.54, 1.807) is 0 Å².